The maximum atomic E-state index is 12.5. The minimum absolute atomic E-state index is 0.165. The van der Waals surface area contributed by atoms with E-state index in [1.54, 1.807) is 36.5 Å². The predicted octanol–water partition coefficient (Wildman–Crippen LogP) is 2.64. The molecule has 2 aromatic rings. The molecule has 0 spiro atoms. The van der Waals surface area contributed by atoms with E-state index in [1.165, 1.54) is 14.2 Å². The molecule has 0 atom stereocenters. The van der Waals surface area contributed by atoms with Gasteiger partial charge in [-0.3, -0.25) is 9.78 Å². The zero-order chi connectivity index (χ0) is 13.8. The van der Waals surface area contributed by atoms with Gasteiger partial charge in [0.25, 0.3) is 0 Å². The molecular formula is C15H15NO3. The van der Waals surface area contributed by atoms with Gasteiger partial charge in [-0.05, 0) is 31.2 Å². The summed E-state index contributed by atoms with van der Waals surface area (Å²) in [5.41, 5.74) is 1.79. The van der Waals surface area contributed by atoms with E-state index in [0.717, 1.165) is 5.69 Å². The van der Waals surface area contributed by atoms with Gasteiger partial charge in [0.05, 0.1) is 14.2 Å². The van der Waals surface area contributed by atoms with Crippen molar-refractivity contribution in [2.45, 2.75) is 6.92 Å². The average molecular weight is 257 g/mol. The molecule has 98 valence electrons. The highest BCUT2D eigenvalue weighted by molar-refractivity contribution is 6.12. The first-order valence-corrected chi connectivity index (χ1v) is 5.85. The zero-order valence-electron chi connectivity index (χ0n) is 11.1. The van der Waals surface area contributed by atoms with E-state index in [0.29, 0.717) is 22.6 Å². The first-order chi connectivity index (χ1) is 9.17. The summed E-state index contributed by atoms with van der Waals surface area (Å²) in [6.45, 7) is 1.87. The van der Waals surface area contributed by atoms with Crippen LogP contribution in [0.15, 0.2) is 36.5 Å². The first-order valence-electron chi connectivity index (χ1n) is 5.85. The van der Waals surface area contributed by atoms with Gasteiger partial charge in [-0.15, -0.1) is 0 Å². The third kappa shape index (κ3) is 2.57. The SMILES string of the molecule is COc1cccc(OC)c1C(=O)c1ccc(C)nc1. The van der Waals surface area contributed by atoms with Crippen LogP contribution in [0.1, 0.15) is 21.6 Å². The molecule has 0 N–H and O–H groups in total. The minimum atomic E-state index is -0.165. The molecule has 2 rings (SSSR count). The number of benzene rings is 1. The third-order valence-corrected chi connectivity index (χ3v) is 2.83. The molecule has 1 aromatic heterocycles. The van der Waals surface area contributed by atoms with Gasteiger partial charge in [-0.1, -0.05) is 6.07 Å². The lowest BCUT2D eigenvalue weighted by Crippen LogP contribution is -2.07. The topological polar surface area (TPSA) is 48.4 Å². The molecule has 0 aliphatic heterocycles. The lowest BCUT2D eigenvalue weighted by atomic mass is 10.0. The highest BCUT2D eigenvalue weighted by Gasteiger charge is 2.19. The van der Waals surface area contributed by atoms with Crippen LogP contribution in [0.2, 0.25) is 0 Å². The number of hydrogen-bond acceptors (Lipinski definition) is 4. The fraction of sp³-hybridized carbons (Fsp3) is 0.200. The van der Waals surface area contributed by atoms with Crippen molar-refractivity contribution in [2.75, 3.05) is 14.2 Å². The van der Waals surface area contributed by atoms with Crippen LogP contribution in [-0.4, -0.2) is 25.0 Å². The van der Waals surface area contributed by atoms with Gasteiger partial charge in [0.15, 0.2) is 0 Å². The lowest BCUT2D eigenvalue weighted by molar-refractivity contribution is 0.103. The summed E-state index contributed by atoms with van der Waals surface area (Å²) in [7, 11) is 3.05. The van der Waals surface area contributed by atoms with Crippen molar-refractivity contribution < 1.29 is 14.3 Å². The Kier molecular flexibility index (Phi) is 3.80. The summed E-state index contributed by atoms with van der Waals surface area (Å²) in [6, 6.07) is 8.79. The molecule has 0 bridgehead atoms. The molecule has 0 saturated carbocycles. The number of carbonyl (C=O) groups is 1. The summed E-state index contributed by atoms with van der Waals surface area (Å²) < 4.78 is 10.5. The van der Waals surface area contributed by atoms with Crippen LogP contribution < -0.4 is 9.47 Å². The van der Waals surface area contributed by atoms with Crippen LogP contribution in [0.25, 0.3) is 0 Å². The maximum Gasteiger partial charge on any atom is 0.202 e. The second kappa shape index (κ2) is 5.52. The summed E-state index contributed by atoms with van der Waals surface area (Å²) in [5.74, 6) is 0.816. The van der Waals surface area contributed by atoms with Gasteiger partial charge < -0.3 is 9.47 Å². The largest absolute Gasteiger partial charge is 0.496 e. The molecule has 19 heavy (non-hydrogen) atoms. The van der Waals surface area contributed by atoms with Crippen molar-refractivity contribution in [1.29, 1.82) is 0 Å². The molecule has 0 aliphatic rings. The Morgan fingerprint density at radius 1 is 1.05 bits per heavy atom. The Bertz CT molecular complexity index is 569. The molecule has 4 heteroatoms. The van der Waals surface area contributed by atoms with Crippen molar-refractivity contribution in [3.05, 3.63) is 53.3 Å². The van der Waals surface area contributed by atoms with Gasteiger partial charge in [-0.2, -0.15) is 0 Å². The molecular weight excluding hydrogens is 242 g/mol. The molecule has 0 aliphatic carbocycles. The van der Waals surface area contributed by atoms with E-state index in [1.807, 2.05) is 6.92 Å². The van der Waals surface area contributed by atoms with Crippen molar-refractivity contribution in [1.82, 2.24) is 4.98 Å². The van der Waals surface area contributed by atoms with Crippen molar-refractivity contribution >= 4 is 5.78 Å². The monoisotopic (exact) mass is 257 g/mol. The summed E-state index contributed by atoms with van der Waals surface area (Å²) in [5, 5.41) is 0. The normalized spacial score (nSPS) is 10.1. The molecule has 0 radical (unpaired) electrons. The highest BCUT2D eigenvalue weighted by Crippen LogP contribution is 2.30. The fourth-order valence-electron chi connectivity index (χ4n) is 1.82. The van der Waals surface area contributed by atoms with Crippen molar-refractivity contribution in [3.63, 3.8) is 0 Å². The van der Waals surface area contributed by atoms with Crippen LogP contribution in [0.5, 0.6) is 11.5 Å². The van der Waals surface area contributed by atoms with E-state index in [9.17, 15) is 4.79 Å². The quantitative estimate of drug-likeness (QED) is 0.790. The van der Waals surface area contributed by atoms with Gasteiger partial charge in [-0.25, -0.2) is 0 Å². The Morgan fingerprint density at radius 2 is 1.68 bits per heavy atom. The second-order valence-corrected chi connectivity index (χ2v) is 4.05. The van der Waals surface area contributed by atoms with Crippen LogP contribution in [0, 0.1) is 6.92 Å². The number of nitrogens with zero attached hydrogens (tertiary/aromatic N) is 1. The van der Waals surface area contributed by atoms with Crippen LogP contribution in [-0.2, 0) is 0 Å². The van der Waals surface area contributed by atoms with Gasteiger partial charge in [0.1, 0.15) is 17.1 Å². The number of rotatable bonds is 4. The van der Waals surface area contributed by atoms with E-state index in [-0.39, 0.29) is 5.78 Å². The van der Waals surface area contributed by atoms with E-state index in [2.05, 4.69) is 4.98 Å². The second-order valence-electron chi connectivity index (χ2n) is 4.05. The fourth-order valence-corrected chi connectivity index (χ4v) is 1.82. The third-order valence-electron chi connectivity index (χ3n) is 2.83. The van der Waals surface area contributed by atoms with Gasteiger partial charge >= 0.3 is 0 Å². The number of pyridine rings is 1. The van der Waals surface area contributed by atoms with Crippen LogP contribution in [0.4, 0.5) is 0 Å². The molecule has 4 nitrogen and oxygen atoms in total. The number of hydrogen-bond donors (Lipinski definition) is 0. The number of aromatic nitrogens is 1. The molecule has 0 amide bonds. The number of ketones is 1. The first kappa shape index (κ1) is 13.1. The number of aryl methyl sites for hydroxylation is 1. The summed E-state index contributed by atoms with van der Waals surface area (Å²) >= 11 is 0. The maximum absolute atomic E-state index is 12.5. The lowest BCUT2D eigenvalue weighted by Gasteiger charge is -2.11. The Morgan fingerprint density at radius 3 is 2.16 bits per heavy atom. The van der Waals surface area contributed by atoms with Crippen LogP contribution in [0.3, 0.4) is 0 Å². The highest BCUT2D eigenvalue weighted by atomic mass is 16.5. The molecule has 1 aromatic carbocycles. The summed E-state index contributed by atoms with van der Waals surface area (Å²) in [6.07, 6.45) is 1.56. The molecule has 0 unspecified atom stereocenters. The van der Waals surface area contributed by atoms with E-state index in [4.69, 9.17) is 9.47 Å². The Balaban J connectivity index is 2.51. The molecule has 1 heterocycles. The minimum Gasteiger partial charge on any atom is -0.496 e. The van der Waals surface area contributed by atoms with Crippen molar-refractivity contribution in [3.8, 4) is 11.5 Å². The summed E-state index contributed by atoms with van der Waals surface area (Å²) in [4.78, 5) is 16.7. The van der Waals surface area contributed by atoms with Gasteiger partial charge in [0, 0.05) is 17.5 Å². The van der Waals surface area contributed by atoms with E-state index < -0.39 is 0 Å². The van der Waals surface area contributed by atoms with E-state index >= 15 is 0 Å². The average Bonchev–Trinajstić information content (AvgIpc) is 2.46. The number of carbonyl (C=O) groups excluding carboxylic acids is 1. The Labute approximate surface area is 112 Å². The number of ether oxygens (including phenoxy) is 2. The van der Waals surface area contributed by atoms with Crippen molar-refractivity contribution in [2.24, 2.45) is 0 Å². The Hall–Kier alpha value is -2.36. The zero-order valence-corrected chi connectivity index (χ0v) is 11.1. The molecule has 0 saturated heterocycles. The van der Waals surface area contributed by atoms with Crippen LogP contribution >= 0.6 is 0 Å². The molecule has 0 fully saturated rings. The standard InChI is InChI=1S/C15H15NO3/c1-10-7-8-11(9-16-10)15(17)14-12(18-2)5-4-6-13(14)19-3/h4-9H,1-3H3. The smallest absolute Gasteiger partial charge is 0.202 e. The number of methoxy groups -OCH3 is 2. The van der Waals surface area contributed by atoms with Gasteiger partial charge in [0.2, 0.25) is 5.78 Å². The predicted molar refractivity (Wildman–Crippen MR) is 72.0 cm³/mol.